The predicted octanol–water partition coefficient (Wildman–Crippen LogP) is 0.960. The van der Waals surface area contributed by atoms with Crippen LogP contribution in [0.2, 0.25) is 0 Å². The second kappa shape index (κ2) is 6.70. The largest absolute Gasteiger partial charge is 0.399 e. The van der Waals surface area contributed by atoms with Crippen molar-refractivity contribution in [2.45, 2.75) is 0 Å². The first-order chi connectivity index (χ1) is 8.13. The third kappa shape index (κ3) is 4.70. The van der Waals surface area contributed by atoms with E-state index in [-0.39, 0.29) is 5.91 Å². The van der Waals surface area contributed by atoms with Gasteiger partial charge in [0, 0.05) is 31.9 Å². The fraction of sp³-hybridized carbons (Fsp3) is 0.308. The molecule has 0 atom stereocenters. The lowest BCUT2D eigenvalue weighted by Crippen LogP contribution is -2.31. The van der Waals surface area contributed by atoms with Gasteiger partial charge in [-0.15, -0.1) is 0 Å². The van der Waals surface area contributed by atoms with Crippen LogP contribution in [0.3, 0.4) is 0 Å². The van der Waals surface area contributed by atoms with Crippen molar-refractivity contribution >= 4 is 17.7 Å². The van der Waals surface area contributed by atoms with Crippen molar-refractivity contribution in [3.8, 4) is 0 Å². The summed E-state index contributed by atoms with van der Waals surface area (Å²) in [5, 5.41) is 3.00. The van der Waals surface area contributed by atoms with Crippen LogP contribution in [0.15, 0.2) is 30.3 Å². The van der Waals surface area contributed by atoms with Gasteiger partial charge in [0.05, 0.1) is 0 Å². The van der Waals surface area contributed by atoms with Crippen molar-refractivity contribution in [2.75, 3.05) is 32.9 Å². The van der Waals surface area contributed by atoms with Crippen LogP contribution in [0.4, 0.5) is 5.69 Å². The standard InChI is InChI=1S/C13H19N3O/c1-15-8-9-16(2)13(17)7-6-11-4-3-5-12(14)10-11/h3-7,10,15H,8-9,14H2,1-2H3/b7-6+. The number of carbonyl (C=O) groups is 1. The summed E-state index contributed by atoms with van der Waals surface area (Å²) in [4.78, 5) is 13.4. The maximum atomic E-state index is 11.7. The molecule has 4 nitrogen and oxygen atoms in total. The molecule has 0 aliphatic carbocycles. The summed E-state index contributed by atoms with van der Waals surface area (Å²) in [6, 6.07) is 7.42. The molecule has 0 saturated carbocycles. The highest BCUT2D eigenvalue weighted by atomic mass is 16.2. The Kier molecular flexibility index (Phi) is 5.23. The van der Waals surface area contributed by atoms with Crippen LogP contribution in [0, 0.1) is 0 Å². The van der Waals surface area contributed by atoms with Crippen LogP contribution in [0.25, 0.3) is 6.08 Å². The number of nitrogens with two attached hydrogens (primary N) is 1. The summed E-state index contributed by atoms with van der Waals surface area (Å²) in [6.07, 6.45) is 3.33. The Balaban J connectivity index is 2.55. The first-order valence-electron chi connectivity index (χ1n) is 5.57. The molecule has 0 radical (unpaired) electrons. The van der Waals surface area contributed by atoms with Crippen LogP contribution in [-0.4, -0.2) is 38.0 Å². The molecule has 0 bridgehead atoms. The number of anilines is 1. The number of hydrogen-bond acceptors (Lipinski definition) is 3. The van der Waals surface area contributed by atoms with Gasteiger partial charge in [-0.2, -0.15) is 0 Å². The number of nitrogens with zero attached hydrogens (tertiary/aromatic N) is 1. The normalized spacial score (nSPS) is 10.7. The SMILES string of the molecule is CNCCN(C)C(=O)/C=C/c1cccc(N)c1. The van der Waals surface area contributed by atoms with E-state index >= 15 is 0 Å². The molecule has 0 unspecified atom stereocenters. The zero-order valence-electron chi connectivity index (χ0n) is 10.3. The third-order valence-electron chi connectivity index (χ3n) is 2.40. The maximum Gasteiger partial charge on any atom is 0.246 e. The van der Waals surface area contributed by atoms with Crippen molar-refractivity contribution in [2.24, 2.45) is 0 Å². The van der Waals surface area contributed by atoms with E-state index < -0.39 is 0 Å². The van der Waals surface area contributed by atoms with E-state index in [1.54, 1.807) is 24.1 Å². The summed E-state index contributed by atoms with van der Waals surface area (Å²) < 4.78 is 0. The minimum Gasteiger partial charge on any atom is -0.399 e. The summed E-state index contributed by atoms with van der Waals surface area (Å²) in [5.74, 6) is -0.0114. The molecule has 0 aliphatic heterocycles. The number of benzene rings is 1. The molecule has 0 saturated heterocycles. The highest BCUT2D eigenvalue weighted by Crippen LogP contribution is 2.08. The molecule has 17 heavy (non-hydrogen) atoms. The lowest BCUT2D eigenvalue weighted by atomic mass is 10.2. The van der Waals surface area contributed by atoms with Crippen molar-refractivity contribution in [3.63, 3.8) is 0 Å². The number of rotatable bonds is 5. The van der Waals surface area contributed by atoms with E-state index in [0.717, 1.165) is 12.1 Å². The molecule has 1 rings (SSSR count). The van der Waals surface area contributed by atoms with Gasteiger partial charge in [0.15, 0.2) is 0 Å². The van der Waals surface area contributed by atoms with Crippen molar-refractivity contribution in [1.82, 2.24) is 10.2 Å². The van der Waals surface area contributed by atoms with Gasteiger partial charge in [-0.3, -0.25) is 4.79 Å². The fourth-order valence-electron chi connectivity index (χ4n) is 1.35. The molecule has 0 aromatic heterocycles. The van der Waals surface area contributed by atoms with Gasteiger partial charge < -0.3 is 16.0 Å². The Hall–Kier alpha value is -1.81. The van der Waals surface area contributed by atoms with Crippen LogP contribution in [0.5, 0.6) is 0 Å². The molecule has 1 amide bonds. The van der Waals surface area contributed by atoms with Crippen LogP contribution in [0.1, 0.15) is 5.56 Å². The first-order valence-corrected chi connectivity index (χ1v) is 5.57. The van der Waals surface area contributed by atoms with Crippen LogP contribution >= 0.6 is 0 Å². The Morgan fingerprint density at radius 3 is 2.94 bits per heavy atom. The van der Waals surface area contributed by atoms with Crippen LogP contribution in [-0.2, 0) is 4.79 Å². The average molecular weight is 233 g/mol. The second-order valence-corrected chi connectivity index (χ2v) is 3.87. The van der Waals surface area contributed by atoms with Gasteiger partial charge in [-0.05, 0) is 30.8 Å². The summed E-state index contributed by atoms with van der Waals surface area (Å²) in [7, 11) is 3.64. The molecular formula is C13H19N3O. The monoisotopic (exact) mass is 233 g/mol. The van der Waals surface area contributed by atoms with E-state index in [4.69, 9.17) is 5.73 Å². The Labute approximate surface area is 102 Å². The summed E-state index contributed by atoms with van der Waals surface area (Å²) in [5.41, 5.74) is 7.28. The molecule has 0 aliphatic rings. The van der Waals surface area contributed by atoms with Gasteiger partial charge in [0.2, 0.25) is 5.91 Å². The number of carbonyl (C=O) groups excluding carboxylic acids is 1. The highest BCUT2D eigenvalue weighted by molar-refractivity contribution is 5.91. The molecule has 92 valence electrons. The van der Waals surface area contributed by atoms with E-state index in [0.29, 0.717) is 12.2 Å². The minimum absolute atomic E-state index is 0.0114. The number of hydrogen-bond donors (Lipinski definition) is 2. The first kappa shape index (κ1) is 13.3. The van der Waals surface area contributed by atoms with Gasteiger partial charge in [-0.1, -0.05) is 12.1 Å². The summed E-state index contributed by atoms with van der Waals surface area (Å²) >= 11 is 0. The lowest BCUT2D eigenvalue weighted by Gasteiger charge is -2.14. The van der Waals surface area contributed by atoms with Gasteiger partial charge >= 0.3 is 0 Å². The van der Waals surface area contributed by atoms with E-state index in [9.17, 15) is 4.79 Å². The average Bonchev–Trinajstić information content (AvgIpc) is 2.33. The summed E-state index contributed by atoms with van der Waals surface area (Å²) in [6.45, 7) is 1.48. The molecule has 4 heteroatoms. The highest BCUT2D eigenvalue weighted by Gasteiger charge is 2.02. The molecule has 0 fully saturated rings. The molecule has 0 heterocycles. The van der Waals surface area contributed by atoms with Crippen molar-refractivity contribution < 1.29 is 4.79 Å². The molecule has 3 N–H and O–H groups in total. The number of nitrogens with one attached hydrogen (secondary N) is 1. The third-order valence-corrected chi connectivity index (χ3v) is 2.40. The lowest BCUT2D eigenvalue weighted by molar-refractivity contribution is -0.124. The molecule has 0 spiro atoms. The zero-order chi connectivity index (χ0) is 12.7. The van der Waals surface area contributed by atoms with Crippen LogP contribution < -0.4 is 11.1 Å². The van der Waals surface area contributed by atoms with Crippen molar-refractivity contribution in [1.29, 1.82) is 0 Å². The van der Waals surface area contributed by atoms with E-state index in [2.05, 4.69) is 5.32 Å². The topological polar surface area (TPSA) is 58.4 Å². The second-order valence-electron chi connectivity index (χ2n) is 3.87. The number of amides is 1. The van der Waals surface area contributed by atoms with Gasteiger partial charge in [-0.25, -0.2) is 0 Å². The minimum atomic E-state index is -0.0114. The van der Waals surface area contributed by atoms with E-state index in [1.807, 2.05) is 31.3 Å². The molecular weight excluding hydrogens is 214 g/mol. The van der Waals surface area contributed by atoms with Gasteiger partial charge in [0.1, 0.15) is 0 Å². The fourth-order valence-corrected chi connectivity index (χ4v) is 1.35. The number of nitrogen functional groups attached to an aromatic ring is 1. The molecule has 1 aromatic carbocycles. The zero-order valence-corrected chi connectivity index (χ0v) is 10.3. The Morgan fingerprint density at radius 1 is 1.53 bits per heavy atom. The Morgan fingerprint density at radius 2 is 2.29 bits per heavy atom. The van der Waals surface area contributed by atoms with E-state index in [1.165, 1.54) is 0 Å². The Bertz CT molecular complexity index is 401. The molecule has 1 aromatic rings. The van der Waals surface area contributed by atoms with Crippen molar-refractivity contribution in [3.05, 3.63) is 35.9 Å². The quantitative estimate of drug-likeness (QED) is 0.588. The number of likely N-dealkylation sites (N-methyl/N-ethyl adjacent to an activating group) is 2. The van der Waals surface area contributed by atoms with Gasteiger partial charge in [0.25, 0.3) is 0 Å². The maximum absolute atomic E-state index is 11.7. The predicted molar refractivity (Wildman–Crippen MR) is 71.5 cm³/mol. The smallest absolute Gasteiger partial charge is 0.246 e.